The van der Waals surface area contributed by atoms with Crippen LogP contribution in [0.25, 0.3) is 0 Å². The summed E-state index contributed by atoms with van der Waals surface area (Å²) >= 11 is 0. The molecule has 21 heavy (non-hydrogen) atoms. The number of aliphatic carboxylic acids is 1. The molecule has 0 aromatic carbocycles. The van der Waals surface area contributed by atoms with Crippen molar-refractivity contribution in [3.8, 4) is 0 Å². The Kier molecular flexibility index (Phi) is 5.28. The normalized spacial score (nSPS) is 15.9. The summed E-state index contributed by atoms with van der Waals surface area (Å²) in [4.78, 5) is 35.0. The van der Waals surface area contributed by atoms with Crippen molar-refractivity contribution < 1.29 is 24.2 Å². The maximum absolute atomic E-state index is 11.4. The van der Waals surface area contributed by atoms with Gasteiger partial charge in [0, 0.05) is 25.3 Å². The second-order valence-corrected chi connectivity index (χ2v) is 6.46. The van der Waals surface area contributed by atoms with Crippen LogP contribution >= 0.6 is 0 Å². The first kappa shape index (κ1) is 17.4. The molecule has 0 saturated heterocycles. The number of amides is 2. The van der Waals surface area contributed by atoms with Crippen LogP contribution < -0.4 is 0 Å². The number of hydrogen-bond donors (Lipinski definition) is 1. The lowest BCUT2D eigenvalue weighted by atomic mass is 9.90. The van der Waals surface area contributed by atoms with Gasteiger partial charge in [-0.2, -0.15) is 0 Å². The Labute approximate surface area is 124 Å². The molecule has 0 unspecified atom stereocenters. The van der Waals surface area contributed by atoms with Crippen LogP contribution in [0.4, 0.5) is 0 Å². The number of carboxylic acid groups (broad SMARTS) is 1. The first-order chi connectivity index (χ1) is 9.55. The molecule has 0 bridgehead atoms. The van der Waals surface area contributed by atoms with E-state index in [2.05, 4.69) is 0 Å². The summed E-state index contributed by atoms with van der Waals surface area (Å²) in [5.41, 5.74) is -1.36. The Balaban J connectivity index is 2.39. The minimum atomic E-state index is -0.858. The Morgan fingerprint density at radius 2 is 1.67 bits per heavy atom. The van der Waals surface area contributed by atoms with E-state index in [1.165, 1.54) is 17.1 Å². The molecule has 0 aromatic rings. The van der Waals surface area contributed by atoms with Crippen LogP contribution in [0.1, 0.15) is 40.5 Å². The van der Waals surface area contributed by atoms with Crippen LogP contribution in [-0.2, 0) is 19.1 Å². The predicted molar refractivity (Wildman–Crippen MR) is 76.5 cm³/mol. The molecule has 0 radical (unpaired) electrons. The standard InChI is InChI=1S/C15H23NO5/c1-14(2,13(19)20)8-10-21-15(3,4)7-9-16-11(17)5-6-12(16)18/h5-6H,7-10H2,1-4H3,(H,19,20). The predicted octanol–water partition coefficient (Wildman–Crippen LogP) is 1.60. The number of hydrogen-bond acceptors (Lipinski definition) is 4. The largest absolute Gasteiger partial charge is 0.481 e. The molecule has 0 spiro atoms. The first-order valence-corrected chi connectivity index (χ1v) is 6.96. The highest BCUT2D eigenvalue weighted by Crippen LogP contribution is 2.23. The summed E-state index contributed by atoms with van der Waals surface area (Å²) in [5.74, 6) is -1.46. The minimum Gasteiger partial charge on any atom is -0.481 e. The first-order valence-electron chi connectivity index (χ1n) is 6.96. The molecule has 0 saturated carbocycles. The number of carbonyl (C=O) groups is 3. The van der Waals surface area contributed by atoms with Gasteiger partial charge in [0.05, 0.1) is 11.0 Å². The molecule has 1 rings (SSSR count). The third kappa shape index (κ3) is 4.97. The van der Waals surface area contributed by atoms with E-state index in [9.17, 15) is 14.4 Å². The lowest BCUT2D eigenvalue weighted by molar-refractivity contribution is -0.149. The van der Waals surface area contributed by atoms with Crippen molar-refractivity contribution in [2.45, 2.75) is 46.1 Å². The van der Waals surface area contributed by atoms with Crippen molar-refractivity contribution in [2.24, 2.45) is 5.41 Å². The van der Waals surface area contributed by atoms with E-state index in [1.54, 1.807) is 13.8 Å². The third-order valence-corrected chi connectivity index (χ3v) is 3.64. The molecule has 2 amide bonds. The summed E-state index contributed by atoms with van der Waals surface area (Å²) < 4.78 is 5.71. The quantitative estimate of drug-likeness (QED) is 0.688. The van der Waals surface area contributed by atoms with Gasteiger partial charge < -0.3 is 9.84 Å². The van der Waals surface area contributed by atoms with E-state index in [-0.39, 0.29) is 11.8 Å². The molecule has 0 aliphatic carbocycles. The number of carboxylic acids is 1. The number of imide groups is 1. The fourth-order valence-electron chi connectivity index (χ4n) is 1.79. The topological polar surface area (TPSA) is 83.9 Å². The Morgan fingerprint density at radius 1 is 1.14 bits per heavy atom. The zero-order valence-corrected chi connectivity index (χ0v) is 13.0. The average Bonchev–Trinajstić information content (AvgIpc) is 2.66. The molecule has 0 fully saturated rings. The van der Waals surface area contributed by atoms with Gasteiger partial charge in [-0.3, -0.25) is 19.3 Å². The van der Waals surface area contributed by atoms with Gasteiger partial charge in [-0.25, -0.2) is 0 Å². The van der Waals surface area contributed by atoms with Gasteiger partial charge in [0.2, 0.25) is 0 Å². The molecule has 0 atom stereocenters. The van der Waals surface area contributed by atoms with E-state index >= 15 is 0 Å². The van der Waals surface area contributed by atoms with Gasteiger partial charge in [-0.05, 0) is 40.5 Å². The Hall–Kier alpha value is -1.69. The van der Waals surface area contributed by atoms with Gasteiger partial charge in [-0.1, -0.05) is 0 Å². The van der Waals surface area contributed by atoms with Crippen LogP contribution in [0.15, 0.2) is 12.2 Å². The maximum atomic E-state index is 11.4. The maximum Gasteiger partial charge on any atom is 0.309 e. The lowest BCUT2D eigenvalue weighted by Gasteiger charge is -2.29. The molecule has 0 aromatic heterocycles. The molecule has 1 aliphatic heterocycles. The third-order valence-electron chi connectivity index (χ3n) is 3.64. The van der Waals surface area contributed by atoms with Crippen molar-refractivity contribution in [1.82, 2.24) is 4.90 Å². The van der Waals surface area contributed by atoms with Crippen LogP contribution in [-0.4, -0.2) is 46.5 Å². The summed E-state index contributed by atoms with van der Waals surface area (Å²) in [7, 11) is 0. The molecule has 1 aliphatic rings. The Bertz CT molecular complexity index is 447. The molecular weight excluding hydrogens is 274 g/mol. The van der Waals surface area contributed by atoms with Crippen molar-refractivity contribution in [1.29, 1.82) is 0 Å². The fraction of sp³-hybridized carbons (Fsp3) is 0.667. The molecule has 1 N–H and O–H groups in total. The SMILES string of the molecule is CC(C)(CCN1C(=O)C=CC1=O)OCCC(C)(C)C(=O)O. The van der Waals surface area contributed by atoms with Gasteiger partial charge in [0.15, 0.2) is 0 Å². The monoisotopic (exact) mass is 297 g/mol. The van der Waals surface area contributed by atoms with Gasteiger partial charge in [-0.15, -0.1) is 0 Å². The van der Waals surface area contributed by atoms with Crippen molar-refractivity contribution >= 4 is 17.8 Å². The van der Waals surface area contributed by atoms with E-state index in [0.29, 0.717) is 26.0 Å². The van der Waals surface area contributed by atoms with Gasteiger partial charge in [0.1, 0.15) is 0 Å². The average molecular weight is 297 g/mol. The Morgan fingerprint density at radius 3 is 2.14 bits per heavy atom. The zero-order chi connectivity index (χ0) is 16.3. The summed E-state index contributed by atoms with van der Waals surface area (Å²) in [5, 5.41) is 9.03. The lowest BCUT2D eigenvalue weighted by Crippen LogP contribution is -2.37. The van der Waals surface area contributed by atoms with Crippen molar-refractivity contribution in [3.05, 3.63) is 12.2 Å². The number of carbonyl (C=O) groups excluding carboxylic acids is 2. The summed E-state index contributed by atoms with van der Waals surface area (Å²) in [6.45, 7) is 7.63. The summed E-state index contributed by atoms with van der Waals surface area (Å²) in [6, 6.07) is 0. The highest BCUT2D eigenvalue weighted by Gasteiger charge is 2.30. The molecule has 1 heterocycles. The minimum absolute atomic E-state index is 0.292. The van der Waals surface area contributed by atoms with Crippen LogP contribution in [0, 0.1) is 5.41 Å². The smallest absolute Gasteiger partial charge is 0.309 e. The molecule has 6 nitrogen and oxygen atoms in total. The van der Waals surface area contributed by atoms with E-state index in [4.69, 9.17) is 9.84 Å². The number of ether oxygens (including phenoxy) is 1. The van der Waals surface area contributed by atoms with Crippen LogP contribution in [0.2, 0.25) is 0 Å². The van der Waals surface area contributed by atoms with Crippen molar-refractivity contribution in [3.63, 3.8) is 0 Å². The number of nitrogens with zero attached hydrogens (tertiary/aromatic N) is 1. The van der Waals surface area contributed by atoms with E-state index in [0.717, 1.165) is 0 Å². The number of rotatable bonds is 8. The zero-order valence-electron chi connectivity index (χ0n) is 13.0. The van der Waals surface area contributed by atoms with Crippen molar-refractivity contribution in [2.75, 3.05) is 13.2 Å². The molecule has 118 valence electrons. The van der Waals surface area contributed by atoms with Crippen LogP contribution in [0.3, 0.4) is 0 Å². The highest BCUT2D eigenvalue weighted by atomic mass is 16.5. The molecular formula is C15H23NO5. The second-order valence-electron chi connectivity index (χ2n) is 6.46. The van der Waals surface area contributed by atoms with Crippen LogP contribution in [0.5, 0.6) is 0 Å². The van der Waals surface area contributed by atoms with E-state index < -0.39 is 17.0 Å². The highest BCUT2D eigenvalue weighted by molar-refractivity contribution is 6.12. The van der Waals surface area contributed by atoms with Gasteiger partial charge >= 0.3 is 5.97 Å². The molecule has 6 heteroatoms. The second kappa shape index (κ2) is 6.39. The van der Waals surface area contributed by atoms with E-state index in [1.807, 2.05) is 13.8 Å². The summed E-state index contributed by atoms with van der Waals surface area (Å²) in [6.07, 6.45) is 3.41. The fourth-order valence-corrected chi connectivity index (χ4v) is 1.79. The van der Waals surface area contributed by atoms with Gasteiger partial charge in [0.25, 0.3) is 11.8 Å².